The maximum atomic E-state index is 6.83. The molecule has 0 amide bonds. The minimum Gasteiger partial charge on any atom is -0.399 e. The van der Waals surface area contributed by atoms with Crippen LogP contribution in [0.2, 0.25) is 10.0 Å². The molecule has 2 aliphatic rings. The van der Waals surface area contributed by atoms with Crippen molar-refractivity contribution in [3.05, 3.63) is 106 Å². The zero-order valence-corrected chi connectivity index (χ0v) is 22.8. The number of nitrogens with zero attached hydrogens (tertiary/aromatic N) is 1. The van der Waals surface area contributed by atoms with Crippen LogP contribution in [0.1, 0.15) is 55.4 Å². The first-order valence-electron chi connectivity index (χ1n) is 12.6. The van der Waals surface area contributed by atoms with E-state index in [-0.39, 0.29) is 16.7 Å². The molecule has 3 aromatic rings. The predicted octanol–water partition coefficient (Wildman–Crippen LogP) is 7.37. The number of benzene rings is 3. The minimum absolute atomic E-state index is 0.149. The van der Waals surface area contributed by atoms with Crippen LogP contribution in [-0.2, 0) is 12.0 Å². The molecule has 0 aliphatic carbocycles. The first-order chi connectivity index (χ1) is 17.1. The van der Waals surface area contributed by atoms with Gasteiger partial charge in [-0.2, -0.15) is 0 Å². The van der Waals surface area contributed by atoms with Crippen molar-refractivity contribution in [3.8, 4) is 0 Å². The summed E-state index contributed by atoms with van der Waals surface area (Å²) in [6.07, 6.45) is 1.06. The second kappa shape index (κ2) is 9.45. The van der Waals surface area contributed by atoms with Crippen molar-refractivity contribution >= 4 is 34.6 Å². The Bertz CT molecular complexity index is 1280. The summed E-state index contributed by atoms with van der Waals surface area (Å²) in [5, 5.41) is 5.55. The number of halogens is 2. The predicted molar refractivity (Wildman–Crippen MR) is 154 cm³/mol. The van der Waals surface area contributed by atoms with E-state index in [4.69, 9.17) is 28.9 Å². The van der Waals surface area contributed by atoms with Gasteiger partial charge in [0.2, 0.25) is 0 Å². The van der Waals surface area contributed by atoms with Gasteiger partial charge in [0, 0.05) is 58.4 Å². The van der Waals surface area contributed by atoms with Gasteiger partial charge in [-0.15, -0.1) is 0 Å². The van der Waals surface area contributed by atoms with Crippen LogP contribution in [0.3, 0.4) is 0 Å². The van der Waals surface area contributed by atoms with E-state index in [1.165, 1.54) is 22.4 Å². The number of nitrogens with two attached hydrogens (primary N) is 1. The molecule has 0 unspecified atom stereocenters. The molecule has 2 heterocycles. The van der Waals surface area contributed by atoms with Gasteiger partial charge in [-0.25, -0.2) is 0 Å². The van der Waals surface area contributed by atoms with E-state index in [1.54, 1.807) is 0 Å². The molecular formula is C31H35Cl2N3. The highest BCUT2D eigenvalue weighted by Crippen LogP contribution is 2.56. The molecule has 3 N–H and O–H groups in total. The molecule has 36 heavy (non-hydrogen) atoms. The highest BCUT2D eigenvalue weighted by atomic mass is 35.5. The summed E-state index contributed by atoms with van der Waals surface area (Å²) >= 11 is 13.5. The summed E-state index contributed by atoms with van der Waals surface area (Å²) in [5.74, 6) is 0.240. The van der Waals surface area contributed by atoms with E-state index < -0.39 is 0 Å². The largest absolute Gasteiger partial charge is 0.399 e. The van der Waals surface area contributed by atoms with Crippen molar-refractivity contribution in [3.63, 3.8) is 0 Å². The lowest BCUT2D eigenvalue weighted by Gasteiger charge is -2.40. The van der Waals surface area contributed by atoms with Gasteiger partial charge in [-0.05, 0) is 58.4 Å². The van der Waals surface area contributed by atoms with Crippen LogP contribution in [0, 0.1) is 5.41 Å². The van der Waals surface area contributed by atoms with Crippen LogP contribution in [0.5, 0.6) is 0 Å². The summed E-state index contributed by atoms with van der Waals surface area (Å²) in [7, 11) is 0. The molecule has 0 bridgehead atoms. The van der Waals surface area contributed by atoms with E-state index >= 15 is 0 Å². The fourth-order valence-electron chi connectivity index (χ4n) is 6.30. The normalized spacial score (nSPS) is 23.3. The molecule has 0 radical (unpaired) electrons. The lowest BCUT2D eigenvalue weighted by molar-refractivity contribution is 0.256. The molecule has 1 spiro atoms. The van der Waals surface area contributed by atoms with E-state index in [0.29, 0.717) is 11.7 Å². The smallest absolute Gasteiger partial charge is 0.0441 e. The van der Waals surface area contributed by atoms with Crippen molar-refractivity contribution in [2.24, 2.45) is 11.1 Å². The van der Waals surface area contributed by atoms with Gasteiger partial charge in [0.05, 0.1) is 0 Å². The molecule has 5 rings (SSSR count). The summed E-state index contributed by atoms with van der Waals surface area (Å²) in [4.78, 5) is 2.52. The van der Waals surface area contributed by atoms with Gasteiger partial charge in [0.25, 0.3) is 0 Å². The molecule has 188 valence electrons. The molecule has 3 atom stereocenters. The zero-order chi connectivity index (χ0) is 25.7. The van der Waals surface area contributed by atoms with Crippen LogP contribution in [0.25, 0.3) is 5.70 Å². The number of anilines is 1. The second-order valence-electron chi connectivity index (χ2n) is 11.6. The number of rotatable bonds is 5. The molecule has 2 aliphatic heterocycles. The molecule has 0 aromatic heterocycles. The summed E-state index contributed by atoms with van der Waals surface area (Å²) < 4.78 is 0. The summed E-state index contributed by atoms with van der Waals surface area (Å²) in [6.45, 7) is 13.4. The Morgan fingerprint density at radius 2 is 1.81 bits per heavy atom. The van der Waals surface area contributed by atoms with Gasteiger partial charge in [0.15, 0.2) is 0 Å². The Labute approximate surface area is 225 Å². The number of hydrogen-bond acceptors (Lipinski definition) is 3. The van der Waals surface area contributed by atoms with E-state index in [9.17, 15) is 0 Å². The Balaban J connectivity index is 1.62. The topological polar surface area (TPSA) is 41.3 Å². The first-order valence-corrected chi connectivity index (χ1v) is 13.4. The van der Waals surface area contributed by atoms with E-state index in [1.807, 2.05) is 18.2 Å². The molecule has 1 fully saturated rings. The maximum Gasteiger partial charge on any atom is 0.0441 e. The van der Waals surface area contributed by atoms with Gasteiger partial charge in [0.1, 0.15) is 0 Å². The third-order valence-electron chi connectivity index (χ3n) is 7.86. The van der Waals surface area contributed by atoms with Crippen LogP contribution < -0.4 is 16.0 Å². The minimum atomic E-state index is -0.149. The third-order valence-corrected chi connectivity index (χ3v) is 8.44. The third kappa shape index (κ3) is 4.53. The number of hydrogen-bond donors (Lipinski definition) is 2. The van der Waals surface area contributed by atoms with Crippen molar-refractivity contribution < 1.29 is 0 Å². The molecule has 5 heteroatoms. The highest BCUT2D eigenvalue weighted by Gasteiger charge is 2.57. The van der Waals surface area contributed by atoms with Gasteiger partial charge in [-0.1, -0.05) is 93.0 Å². The Kier molecular flexibility index (Phi) is 6.61. The van der Waals surface area contributed by atoms with Crippen molar-refractivity contribution in [2.75, 3.05) is 18.0 Å². The molecular weight excluding hydrogens is 485 g/mol. The molecule has 3 aromatic carbocycles. The first kappa shape index (κ1) is 25.2. The summed E-state index contributed by atoms with van der Waals surface area (Å²) in [6, 6.07) is 23.4. The van der Waals surface area contributed by atoms with Crippen LogP contribution in [0.15, 0.2) is 73.3 Å². The monoisotopic (exact) mass is 519 g/mol. The van der Waals surface area contributed by atoms with Crippen LogP contribution >= 0.6 is 23.2 Å². The Morgan fingerprint density at radius 3 is 2.47 bits per heavy atom. The highest BCUT2D eigenvalue weighted by molar-refractivity contribution is 6.31. The van der Waals surface area contributed by atoms with Crippen molar-refractivity contribution in [1.82, 2.24) is 5.32 Å². The lowest BCUT2D eigenvalue weighted by atomic mass is 9.64. The summed E-state index contributed by atoms with van der Waals surface area (Å²) in [5.41, 5.74) is 12.5. The van der Waals surface area contributed by atoms with E-state index in [0.717, 1.165) is 41.7 Å². The van der Waals surface area contributed by atoms with Crippen molar-refractivity contribution in [2.45, 2.75) is 51.1 Å². The lowest BCUT2D eigenvalue weighted by Crippen LogP contribution is -2.48. The number of fused-ring (bicyclic) bond motifs is 2. The second-order valence-corrected chi connectivity index (χ2v) is 12.4. The zero-order valence-electron chi connectivity index (χ0n) is 21.3. The standard InChI is InChI=1S/C31H35Cl2N3/c1-20(34)22-11-9-21(10-12-22)18-36-19-31(25-15-23(32)13-14-28(25)36)26(24-7-5-6-8-27(24)33)17-35-29(31)16-30(2,3)4/h5-15,26,29,35H,1,16-19,34H2,2-4H3/t26-,29+,31-/m1/s1. The van der Waals surface area contributed by atoms with Gasteiger partial charge in [-0.3, -0.25) is 0 Å². The molecule has 0 saturated carbocycles. The fraction of sp³-hybridized carbons (Fsp3) is 0.355. The van der Waals surface area contributed by atoms with Crippen LogP contribution in [-0.4, -0.2) is 19.1 Å². The van der Waals surface area contributed by atoms with E-state index in [2.05, 4.69) is 86.1 Å². The Morgan fingerprint density at radius 1 is 1.08 bits per heavy atom. The van der Waals surface area contributed by atoms with Gasteiger partial charge >= 0.3 is 0 Å². The van der Waals surface area contributed by atoms with Crippen molar-refractivity contribution in [1.29, 1.82) is 0 Å². The average Bonchev–Trinajstić information content (AvgIpc) is 3.31. The van der Waals surface area contributed by atoms with Crippen LogP contribution in [0.4, 0.5) is 5.69 Å². The SMILES string of the molecule is C=C(N)c1ccc(CN2C[C@]3(c4cc(Cl)ccc42)[C@H](CC(C)(C)C)NC[C@@H]3c2ccccc2Cl)cc1. The molecule has 1 saturated heterocycles. The Hall–Kier alpha value is -2.46. The number of nitrogens with one attached hydrogen (secondary N) is 1. The fourth-order valence-corrected chi connectivity index (χ4v) is 6.74. The average molecular weight is 521 g/mol. The maximum absolute atomic E-state index is 6.83. The van der Waals surface area contributed by atoms with Gasteiger partial charge < -0.3 is 16.0 Å². The quantitative estimate of drug-likeness (QED) is 0.369. The molecule has 3 nitrogen and oxygen atoms in total.